The molecule has 0 N–H and O–H groups in total. The number of aryl methyl sites for hydroxylation is 2. The maximum atomic E-state index is 13.6. The lowest BCUT2D eigenvalue weighted by atomic mass is 9.87. The van der Waals surface area contributed by atoms with Crippen LogP contribution < -0.4 is 5.69 Å². The van der Waals surface area contributed by atoms with Crippen molar-refractivity contribution in [3.8, 4) is 0 Å². The fourth-order valence-corrected chi connectivity index (χ4v) is 6.17. The van der Waals surface area contributed by atoms with Gasteiger partial charge in [-0.1, -0.05) is 6.07 Å². The third-order valence-corrected chi connectivity index (χ3v) is 7.62. The Bertz CT molecular complexity index is 1090. The Labute approximate surface area is 173 Å². The van der Waals surface area contributed by atoms with Crippen LogP contribution in [0, 0.1) is 12.7 Å². The third kappa shape index (κ3) is 3.55. The highest BCUT2D eigenvalue weighted by Crippen LogP contribution is 2.40. The van der Waals surface area contributed by atoms with Crippen LogP contribution in [0.4, 0.5) is 4.39 Å². The van der Waals surface area contributed by atoms with E-state index in [1.165, 1.54) is 15.8 Å². The number of hydrogen-bond donors (Lipinski definition) is 0. The molecule has 5 nitrogen and oxygen atoms in total. The Morgan fingerprint density at radius 2 is 2.00 bits per heavy atom. The summed E-state index contributed by atoms with van der Waals surface area (Å²) in [7, 11) is 0. The van der Waals surface area contributed by atoms with Crippen molar-refractivity contribution in [2.24, 2.45) is 0 Å². The van der Waals surface area contributed by atoms with Crippen LogP contribution in [0.2, 0.25) is 0 Å². The lowest BCUT2D eigenvalue weighted by Crippen LogP contribution is -2.37. The molecule has 0 atom stereocenters. The molecule has 1 fully saturated rings. The SMILES string of the molecule is Cc1sc2cc(F)ccc2c1C1CCN(CCn2nc3n(c2=O)CCCC3)CC1. The molecule has 0 spiro atoms. The Kier molecular flexibility index (Phi) is 5.04. The number of thiophene rings is 1. The molecule has 29 heavy (non-hydrogen) atoms. The molecular weight excluding hydrogens is 387 g/mol. The number of hydrogen-bond acceptors (Lipinski definition) is 4. The summed E-state index contributed by atoms with van der Waals surface area (Å²) in [5.74, 6) is 1.33. The second kappa shape index (κ2) is 7.69. The summed E-state index contributed by atoms with van der Waals surface area (Å²) in [5.41, 5.74) is 1.48. The predicted molar refractivity (Wildman–Crippen MR) is 114 cm³/mol. The molecule has 0 aliphatic carbocycles. The van der Waals surface area contributed by atoms with Crippen molar-refractivity contribution in [1.82, 2.24) is 19.2 Å². The van der Waals surface area contributed by atoms with Gasteiger partial charge < -0.3 is 4.90 Å². The number of nitrogens with zero attached hydrogens (tertiary/aromatic N) is 4. The number of halogens is 1. The Hall–Kier alpha value is -1.99. The van der Waals surface area contributed by atoms with Crippen LogP contribution in [-0.4, -0.2) is 38.9 Å². The largest absolute Gasteiger partial charge is 0.345 e. The molecular formula is C22H27FN4OS. The van der Waals surface area contributed by atoms with Gasteiger partial charge in [-0.3, -0.25) is 4.57 Å². The standard InChI is InChI=1S/C22H27FN4OS/c1-15-21(18-6-5-17(23)14-19(18)29-15)16-7-10-25(11-8-16)12-13-27-22(28)26-9-3-2-4-20(26)24-27/h5-6,14,16H,2-4,7-13H2,1H3. The summed E-state index contributed by atoms with van der Waals surface area (Å²) in [5, 5.41) is 5.78. The average molecular weight is 415 g/mol. The molecule has 0 amide bonds. The molecule has 1 saturated heterocycles. The maximum absolute atomic E-state index is 13.6. The van der Waals surface area contributed by atoms with Crippen LogP contribution in [0.3, 0.4) is 0 Å². The first-order chi connectivity index (χ1) is 14.1. The topological polar surface area (TPSA) is 43.1 Å². The van der Waals surface area contributed by atoms with E-state index in [1.807, 2.05) is 10.6 Å². The first-order valence-corrected chi connectivity index (χ1v) is 11.5. The van der Waals surface area contributed by atoms with E-state index in [9.17, 15) is 9.18 Å². The first kappa shape index (κ1) is 19.0. The lowest BCUT2D eigenvalue weighted by Gasteiger charge is -2.32. The zero-order valence-corrected chi connectivity index (χ0v) is 17.7. The van der Waals surface area contributed by atoms with Gasteiger partial charge in [0, 0.05) is 29.1 Å². The minimum absolute atomic E-state index is 0.0576. The number of fused-ring (bicyclic) bond motifs is 2. The van der Waals surface area contributed by atoms with E-state index in [0.29, 0.717) is 12.5 Å². The maximum Gasteiger partial charge on any atom is 0.345 e. The molecule has 154 valence electrons. The number of aromatic nitrogens is 3. The van der Waals surface area contributed by atoms with Crippen molar-refractivity contribution >= 4 is 21.4 Å². The van der Waals surface area contributed by atoms with Crippen molar-refractivity contribution in [3.05, 3.63) is 50.8 Å². The zero-order chi connectivity index (χ0) is 20.0. The van der Waals surface area contributed by atoms with Gasteiger partial charge in [0.2, 0.25) is 0 Å². The number of rotatable bonds is 4. The third-order valence-electron chi connectivity index (χ3n) is 6.53. The van der Waals surface area contributed by atoms with Crippen molar-refractivity contribution in [2.45, 2.75) is 58.0 Å². The Balaban J connectivity index is 1.23. The van der Waals surface area contributed by atoms with Gasteiger partial charge in [-0.05, 0) is 74.7 Å². The zero-order valence-electron chi connectivity index (χ0n) is 16.9. The summed E-state index contributed by atoms with van der Waals surface area (Å²) in [6.07, 6.45) is 5.35. The fourth-order valence-electron chi connectivity index (χ4n) is 5.00. The Morgan fingerprint density at radius 1 is 1.17 bits per heavy atom. The van der Waals surface area contributed by atoms with Gasteiger partial charge in [-0.15, -0.1) is 11.3 Å². The molecule has 0 radical (unpaired) electrons. The van der Waals surface area contributed by atoms with Crippen LogP contribution >= 0.6 is 11.3 Å². The van der Waals surface area contributed by atoms with Crippen LogP contribution in [-0.2, 0) is 19.5 Å². The van der Waals surface area contributed by atoms with Gasteiger partial charge in [0.1, 0.15) is 11.6 Å². The lowest BCUT2D eigenvalue weighted by molar-refractivity contribution is 0.202. The van der Waals surface area contributed by atoms with E-state index in [0.717, 1.165) is 68.8 Å². The molecule has 3 aromatic rings. The highest BCUT2D eigenvalue weighted by atomic mass is 32.1. The van der Waals surface area contributed by atoms with Gasteiger partial charge in [-0.25, -0.2) is 13.9 Å². The summed E-state index contributed by atoms with van der Waals surface area (Å²) < 4.78 is 18.1. The molecule has 5 rings (SSSR count). The number of likely N-dealkylation sites (tertiary alicyclic amines) is 1. The second-order valence-corrected chi connectivity index (χ2v) is 9.62. The summed E-state index contributed by atoms with van der Waals surface area (Å²) in [6, 6.07) is 5.19. The number of piperidine rings is 1. The first-order valence-electron chi connectivity index (χ1n) is 10.7. The van der Waals surface area contributed by atoms with Crippen LogP contribution in [0.1, 0.15) is 47.9 Å². The van der Waals surface area contributed by atoms with Gasteiger partial charge in [0.15, 0.2) is 0 Å². The molecule has 1 aromatic carbocycles. The minimum Gasteiger partial charge on any atom is -0.301 e. The molecule has 4 heterocycles. The molecule has 7 heteroatoms. The van der Waals surface area contributed by atoms with E-state index < -0.39 is 0 Å². The normalized spacial score (nSPS) is 18.4. The fraction of sp³-hybridized carbons (Fsp3) is 0.545. The van der Waals surface area contributed by atoms with E-state index in [2.05, 4.69) is 16.9 Å². The minimum atomic E-state index is -0.156. The highest BCUT2D eigenvalue weighted by molar-refractivity contribution is 7.19. The van der Waals surface area contributed by atoms with Crippen LogP contribution in [0.15, 0.2) is 23.0 Å². The second-order valence-electron chi connectivity index (χ2n) is 8.36. The highest BCUT2D eigenvalue weighted by Gasteiger charge is 2.25. The van der Waals surface area contributed by atoms with Gasteiger partial charge in [0.05, 0.1) is 6.54 Å². The van der Waals surface area contributed by atoms with Crippen LogP contribution in [0.5, 0.6) is 0 Å². The van der Waals surface area contributed by atoms with Gasteiger partial charge in [0.25, 0.3) is 0 Å². The Morgan fingerprint density at radius 3 is 2.79 bits per heavy atom. The molecule has 0 unspecified atom stereocenters. The smallest absolute Gasteiger partial charge is 0.301 e. The molecule has 2 aliphatic rings. The molecule has 2 aliphatic heterocycles. The molecule has 2 aromatic heterocycles. The quantitative estimate of drug-likeness (QED) is 0.650. The summed E-state index contributed by atoms with van der Waals surface area (Å²) >= 11 is 1.71. The molecule has 0 saturated carbocycles. The van der Waals surface area contributed by atoms with Gasteiger partial charge in [-0.2, -0.15) is 5.10 Å². The average Bonchev–Trinajstić information content (AvgIpc) is 3.22. The van der Waals surface area contributed by atoms with E-state index in [4.69, 9.17) is 0 Å². The van der Waals surface area contributed by atoms with Crippen molar-refractivity contribution in [3.63, 3.8) is 0 Å². The van der Waals surface area contributed by atoms with E-state index in [-0.39, 0.29) is 11.5 Å². The summed E-state index contributed by atoms with van der Waals surface area (Å²) in [6.45, 7) is 6.59. The van der Waals surface area contributed by atoms with E-state index in [1.54, 1.807) is 28.2 Å². The monoisotopic (exact) mass is 414 g/mol. The van der Waals surface area contributed by atoms with Crippen molar-refractivity contribution in [1.29, 1.82) is 0 Å². The van der Waals surface area contributed by atoms with Gasteiger partial charge >= 0.3 is 5.69 Å². The van der Waals surface area contributed by atoms with Crippen molar-refractivity contribution in [2.75, 3.05) is 19.6 Å². The number of benzene rings is 1. The van der Waals surface area contributed by atoms with Crippen molar-refractivity contribution < 1.29 is 4.39 Å². The van der Waals surface area contributed by atoms with E-state index >= 15 is 0 Å². The molecule has 0 bridgehead atoms. The van der Waals surface area contributed by atoms with Crippen LogP contribution in [0.25, 0.3) is 10.1 Å². The summed E-state index contributed by atoms with van der Waals surface area (Å²) in [4.78, 5) is 16.3. The predicted octanol–water partition coefficient (Wildman–Crippen LogP) is 3.92.